The van der Waals surface area contributed by atoms with Crippen LogP contribution < -0.4 is 14.8 Å². The van der Waals surface area contributed by atoms with Crippen LogP contribution in [0, 0.1) is 18.8 Å². The molecule has 7 heteroatoms. The van der Waals surface area contributed by atoms with E-state index in [1.165, 1.54) is 14.2 Å². The molecule has 1 aliphatic carbocycles. The molecule has 3 atom stereocenters. The van der Waals surface area contributed by atoms with E-state index in [2.05, 4.69) is 5.32 Å². The van der Waals surface area contributed by atoms with E-state index in [-0.39, 0.29) is 23.7 Å². The Morgan fingerprint density at radius 1 is 1.07 bits per heavy atom. The van der Waals surface area contributed by atoms with Gasteiger partial charge in [-0.1, -0.05) is 12.2 Å². The van der Waals surface area contributed by atoms with Crippen LogP contribution in [0.4, 0.5) is 5.69 Å². The number of likely N-dealkylation sites (tertiary alicyclic amines) is 1. The van der Waals surface area contributed by atoms with Crippen LogP contribution in [0.5, 0.6) is 11.5 Å². The van der Waals surface area contributed by atoms with E-state index in [4.69, 9.17) is 9.47 Å². The van der Waals surface area contributed by atoms with Gasteiger partial charge in [-0.3, -0.25) is 19.3 Å². The van der Waals surface area contributed by atoms with Gasteiger partial charge >= 0.3 is 0 Å². The molecular formula is C20H24N2O5. The zero-order chi connectivity index (χ0) is 19.7. The second kappa shape index (κ2) is 7.42. The first-order chi connectivity index (χ1) is 12.9. The summed E-state index contributed by atoms with van der Waals surface area (Å²) in [5, 5.41) is 2.80. The van der Waals surface area contributed by atoms with E-state index in [0.717, 1.165) is 10.5 Å². The molecule has 1 N–H and O–H groups in total. The summed E-state index contributed by atoms with van der Waals surface area (Å²) in [6, 6.07) is 2.53. The van der Waals surface area contributed by atoms with Crippen molar-refractivity contribution in [3.8, 4) is 11.5 Å². The van der Waals surface area contributed by atoms with Crippen LogP contribution in [0.15, 0.2) is 24.3 Å². The zero-order valence-electron chi connectivity index (χ0n) is 15.9. The van der Waals surface area contributed by atoms with Gasteiger partial charge in [0.05, 0.1) is 26.1 Å². The van der Waals surface area contributed by atoms with Crippen LogP contribution in [0.3, 0.4) is 0 Å². The molecule has 3 unspecified atom stereocenters. The predicted molar refractivity (Wildman–Crippen MR) is 99.6 cm³/mol. The Bertz CT molecular complexity index is 791. The van der Waals surface area contributed by atoms with Gasteiger partial charge in [0.15, 0.2) is 11.5 Å². The molecule has 0 spiro atoms. The van der Waals surface area contributed by atoms with Crippen molar-refractivity contribution in [3.63, 3.8) is 0 Å². The van der Waals surface area contributed by atoms with Gasteiger partial charge in [0.2, 0.25) is 17.7 Å². The van der Waals surface area contributed by atoms with E-state index in [1.807, 2.05) is 19.1 Å². The Morgan fingerprint density at radius 2 is 1.59 bits per heavy atom. The van der Waals surface area contributed by atoms with Crippen LogP contribution in [-0.2, 0) is 14.4 Å². The number of nitrogens with zero attached hydrogens (tertiary/aromatic N) is 1. The molecule has 1 aromatic carbocycles. The lowest BCUT2D eigenvalue weighted by molar-refractivity contribution is -0.146. The molecule has 27 heavy (non-hydrogen) atoms. The number of hydrogen-bond acceptors (Lipinski definition) is 5. The Labute approximate surface area is 158 Å². The number of carbonyl (C=O) groups excluding carboxylic acids is 3. The highest BCUT2D eigenvalue weighted by Gasteiger charge is 2.50. The fourth-order valence-electron chi connectivity index (χ4n) is 3.68. The highest BCUT2D eigenvalue weighted by Crippen LogP contribution is 2.37. The zero-order valence-corrected chi connectivity index (χ0v) is 15.9. The van der Waals surface area contributed by atoms with Crippen molar-refractivity contribution in [2.75, 3.05) is 19.5 Å². The summed E-state index contributed by atoms with van der Waals surface area (Å²) in [6.45, 7) is 3.40. The fourth-order valence-corrected chi connectivity index (χ4v) is 3.68. The van der Waals surface area contributed by atoms with E-state index < -0.39 is 11.9 Å². The third kappa shape index (κ3) is 3.29. The smallest absolute Gasteiger partial charge is 0.247 e. The summed E-state index contributed by atoms with van der Waals surface area (Å²) >= 11 is 0. The third-order valence-electron chi connectivity index (χ3n) is 5.30. The molecule has 1 aliphatic heterocycles. The van der Waals surface area contributed by atoms with Crippen molar-refractivity contribution in [1.29, 1.82) is 0 Å². The molecule has 7 nitrogen and oxygen atoms in total. The maximum Gasteiger partial charge on any atom is 0.247 e. The Hall–Kier alpha value is -2.83. The number of nitrogens with one attached hydrogen (secondary N) is 1. The Morgan fingerprint density at radius 3 is 2.11 bits per heavy atom. The van der Waals surface area contributed by atoms with E-state index in [1.54, 1.807) is 19.1 Å². The number of benzene rings is 1. The van der Waals surface area contributed by atoms with Gasteiger partial charge < -0.3 is 14.8 Å². The molecule has 1 aromatic rings. The lowest BCUT2D eigenvalue weighted by Gasteiger charge is -2.23. The minimum Gasteiger partial charge on any atom is -0.493 e. The number of amides is 3. The minimum atomic E-state index is -0.886. The molecule has 0 aromatic heterocycles. The molecule has 3 rings (SSSR count). The fraction of sp³-hybridized carbons (Fsp3) is 0.450. The molecule has 1 saturated heterocycles. The summed E-state index contributed by atoms with van der Waals surface area (Å²) < 4.78 is 10.5. The number of aryl methyl sites for hydroxylation is 1. The average Bonchev–Trinajstić information content (AvgIpc) is 2.93. The largest absolute Gasteiger partial charge is 0.493 e. The normalized spacial score (nSPS) is 22.4. The van der Waals surface area contributed by atoms with Crippen LogP contribution in [0.2, 0.25) is 0 Å². The number of carbonyl (C=O) groups is 3. The van der Waals surface area contributed by atoms with Gasteiger partial charge in [-0.2, -0.15) is 0 Å². The first-order valence-electron chi connectivity index (χ1n) is 8.94. The van der Waals surface area contributed by atoms with Crippen molar-refractivity contribution < 1.29 is 23.9 Å². The molecule has 0 radical (unpaired) electrons. The van der Waals surface area contributed by atoms with Crippen molar-refractivity contribution in [1.82, 2.24) is 4.90 Å². The van der Waals surface area contributed by atoms with Gasteiger partial charge in [0.25, 0.3) is 0 Å². The number of rotatable bonds is 5. The summed E-state index contributed by atoms with van der Waals surface area (Å²) in [7, 11) is 3.05. The van der Waals surface area contributed by atoms with Crippen molar-refractivity contribution in [2.45, 2.75) is 32.7 Å². The second-order valence-corrected chi connectivity index (χ2v) is 6.89. The standard InChI is InChI=1S/C20H24N2O5/c1-11-9-16(26-3)17(27-4)10-15(11)21-18(23)12(2)22-19(24)13-7-5-6-8-14(13)20(22)25/h5-6,9-10,12-14H,7-8H2,1-4H3,(H,21,23). The van der Waals surface area contributed by atoms with Crippen LogP contribution in [0.25, 0.3) is 0 Å². The van der Waals surface area contributed by atoms with Gasteiger partial charge in [-0.15, -0.1) is 0 Å². The highest BCUT2D eigenvalue weighted by molar-refractivity contribution is 6.10. The van der Waals surface area contributed by atoms with Crippen molar-refractivity contribution in [2.24, 2.45) is 11.8 Å². The van der Waals surface area contributed by atoms with Crippen molar-refractivity contribution >= 4 is 23.4 Å². The van der Waals surface area contributed by atoms with Gasteiger partial charge in [0, 0.05) is 11.8 Å². The molecule has 1 fully saturated rings. The maximum absolute atomic E-state index is 12.8. The molecule has 1 heterocycles. The number of imide groups is 1. The molecule has 2 aliphatic rings. The number of fused-ring (bicyclic) bond motifs is 1. The molecular weight excluding hydrogens is 348 g/mol. The van der Waals surface area contributed by atoms with Gasteiger partial charge in [-0.25, -0.2) is 0 Å². The second-order valence-electron chi connectivity index (χ2n) is 6.89. The molecule has 144 valence electrons. The first-order valence-corrected chi connectivity index (χ1v) is 8.94. The van der Waals surface area contributed by atoms with E-state index >= 15 is 0 Å². The monoisotopic (exact) mass is 372 g/mol. The predicted octanol–water partition coefficient (Wildman–Crippen LogP) is 2.29. The minimum absolute atomic E-state index is 0.263. The number of allylic oxidation sites excluding steroid dienone is 2. The lowest BCUT2D eigenvalue weighted by atomic mass is 9.85. The average molecular weight is 372 g/mol. The van der Waals surface area contributed by atoms with Crippen LogP contribution >= 0.6 is 0 Å². The van der Waals surface area contributed by atoms with E-state index in [9.17, 15) is 14.4 Å². The quantitative estimate of drug-likeness (QED) is 0.633. The summed E-state index contributed by atoms with van der Waals surface area (Å²) in [4.78, 5) is 39.2. The number of ether oxygens (including phenoxy) is 2. The maximum atomic E-state index is 12.8. The molecule has 3 amide bonds. The third-order valence-corrected chi connectivity index (χ3v) is 5.30. The van der Waals surface area contributed by atoms with Crippen molar-refractivity contribution in [3.05, 3.63) is 29.8 Å². The summed E-state index contributed by atoms with van der Waals surface area (Å²) in [6.07, 6.45) is 4.95. The number of methoxy groups -OCH3 is 2. The highest BCUT2D eigenvalue weighted by atomic mass is 16.5. The van der Waals surface area contributed by atoms with Gasteiger partial charge in [0.1, 0.15) is 6.04 Å². The summed E-state index contributed by atoms with van der Waals surface area (Å²) in [5.41, 5.74) is 1.33. The topological polar surface area (TPSA) is 84.9 Å². The number of hydrogen-bond donors (Lipinski definition) is 1. The molecule has 0 bridgehead atoms. The lowest BCUT2D eigenvalue weighted by Crippen LogP contribution is -2.46. The Kier molecular flexibility index (Phi) is 5.21. The van der Waals surface area contributed by atoms with Gasteiger partial charge in [-0.05, 0) is 38.3 Å². The van der Waals surface area contributed by atoms with E-state index in [0.29, 0.717) is 30.0 Å². The summed E-state index contributed by atoms with van der Waals surface area (Å²) in [5.74, 6) is -0.596. The Balaban J connectivity index is 1.79. The number of anilines is 1. The SMILES string of the molecule is COc1cc(C)c(NC(=O)C(C)N2C(=O)C3CC=CCC3C2=O)cc1OC. The van der Waals surface area contributed by atoms with Crippen LogP contribution in [0.1, 0.15) is 25.3 Å². The van der Waals surface area contributed by atoms with Crippen LogP contribution in [-0.4, -0.2) is 42.9 Å². The molecule has 0 saturated carbocycles. The first kappa shape index (κ1) is 18.9.